The second kappa shape index (κ2) is 7.37. The lowest BCUT2D eigenvalue weighted by Crippen LogP contribution is -2.23. The third-order valence-corrected chi connectivity index (χ3v) is 2.86. The van der Waals surface area contributed by atoms with Crippen LogP contribution >= 0.6 is 0 Å². The van der Waals surface area contributed by atoms with Gasteiger partial charge >= 0.3 is 0 Å². The smallest absolute Gasteiger partial charge is 0.214 e. The van der Waals surface area contributed by atoms with Crippen molar-refractivity contribution in [3.8, 4) is 5.88 Å². The van der Waals surface area contributed by atoms with Crippen molar-refractivity contribution in [2.75, 3.05) is 12.4 Å². The molecule has 0 saturated heterocycles. The molecule has 0 saturated carbocycles. The quantitative estimate of drug-likeness (QED) is 0.883. The van der Waals surface area contributed by atoms with Crippen LogP contribution in [0.5, 0.6) is 5.88 Å². The fourth-order valence-electron chi connectivity index (χ4n) is 2.04. The van der Waals surface area contributed by atoms with Crippen LogP contribution in [-0.2, 0) is 17.9 Å². The first-order chi connectivity index (χ1) is 10.9. The van der Waals surface area contributed by atoms with E-state index in [-0.39, 0.29) is 5.60 Å². The van der Waals surface area contributed by atoms with E-state index in [2.05, 4.69) is 20.3 Å². The van der Waals surface area contributed by atoms with E-state index in [9.17, 15) is 0 Å². The molecule has 0 atom stereocenters. The molecule has 0 spiro atoms. The molecule has 0 bridgehead atoms. The van der Waals surface area contributed by atoms with Crippen LogP contribution in [0.2, 0.25) is 0 Å². The van der Waals surface area contributed by atoms with Gasteiger partial charge in [0, 0.05) is 37.7 Å². The van der Waals surface area contributed by atoms with E-state index >= 15 is 0 Å². The van der Waals surface area contributed by atoms with Gasteiger partial charge in [-0.2, -0.15) is 0 Å². The lowest BCUT2D eigenvalue weighted by Gasteiger charge is -2.20. The van der Waals surface area contributed by atoms with Crippen molar-refractivity contribution in [3.63, 3.8) is 0 Å². The third-order valence-electron chi connectivity index (χ3n) is 2.86. The van der Waals surface area contributed by atoms with Crippen molar-refractivity contribution in [2.45, 2.75) is 46.4 Å². The molecule has 23 heavy (non-hydrogen) atoms. The Hall–Kier alpha value is -2.21. The fourth-order valence-corrected chi connectivity index (χ4v) is 2.04. The molecule has 2 rings (SSSR count). The lowest BCUT2D eigenvalue weighted by molar-refractivity contribution is 0.124. The highest BCUT2D eigenvalue weighted by atomic mass is 16.5. The molecule has 0 amide bonds. The molecule has 1 N–H and O–H groups in total. The molecule has 6 heteroatoms. The van der Waals surface area contributed by atoms with E-state index in [4.69, 9.17) is 9.47 Å². The summed E-state index contributed by atoms with van der Waals surface area (Å²) in [7, 11) is 1.63. The van der Waals surface area contributed by atoms with Gasteiger partial charge in [-0.1, -0.05) is 0 Å². The average Bonchev–Trinajstić information content (AvgIpc) is 2.43. The fraction of sp³-hybridized carbons (Fsp3) is 0.471. The number of hydrogen-bond acceptors (Lipinski definition) is 6. The van der Waals surface area contributed by atoms with E-state index in [1.54, 1.807) is 13.3 Å². The summed E-state index contributed by atoms with van der Waals surface area (Å²) >= 11 is 0. The number of hydrogen-bond donors (Lipinski definition) is 1. The van der Waals surface area contributed by atoms with Crippen LogP contribution in [0, 0.1) is 6.92 Å². The predicted molar refractivity (Wildman–Crippen MR) is 89.4 cm³/mol. The van der Waals surface area contributed by atoms with Gasteiger partial charge in [0.05, 0.1) is 0 Å². The Balaban J connectivity index is 2.05. The topological polar surface area (TPSA) is 69.2 Å². The molecule has 0 aliphatic rings. The summed E-state index contributed by atoms with van der Waals surface area (Å²) in [6, 6.07) is 5.79. The van der Waals surface area contributed by atoms with E-state index in [0.717, 1.165) is 17.1 Å². The van der Waals surface area contributed by atoms with Gasteiger partial charge in [-0.15, -0.1) is 0 Å². The second-order valence-electron chi connectivity index (χ2n) is 6.31. The highest BCUT2D eigenvalue weighted by Gasteiger charge is 2.12. The number of aromatic nitrogens is 3. The molecule has 0 unspecified atom stereocenters. The molecule has 2 heterocycles. The maximum absolute atomic E-state index is 5.78. The van der Waals surface area contributed by atoms with Gasteiger partial charge < -0.3 is 14.8 Å². The van der Waals surface area contributed by atoms with Crippen LogP contribution in [0.25, 0.3) is 0 Å². The van der Waals surface area contributed by atoms with Gasteiger partial charge in [-0.3, -0.25) is 0 Å². The molecule has 2 aromatic heterocycles. The first-order valence-electron chi connectivity index (χ1n) is 7.57. The van der Waals surface area contributed by atoms with Crippen molar-refractivity contribution in [1.29, 1.82) is 0 Å². The molecule has 0 radical (unpaired) electrons. The Bertz CT molecular complexity index is 653. The largest absolute Gasteiger partial charge is 0.472 e. The van der Waals surface area contributed by atoms with Gasteiger partial charge in [0.15, 0.2) is 5.82 Å². The molecular weight excluding hydrogens is 292 g/mol. The Labute approximate surface area is 137 Å². The SMILES string of the molecule is COCc1nc(C)cc(NCc2ccnc(OC(C)(C)C)c2)n1. The summed E-state index contributed by atoms with van der Waals surface area (Å²) in [6.07, 6.45) is 1.75. The number of nitrogens with zero attached hydrogens (tertiary/aromatic N) is 3. The molecule has 124 valence electrons. The van der Waals surface area contributed by atoms with Crippen LogP contribution in [0.4, 0.5) is 5.82 Å². The van der Waals surface area contributed by atoms with Gasteiger partial charge in [0.1, 0.15) is 18.0 Å². The van der Waals surface area contributed by atoms with Crippen LogP contribution in [0.3, 0.4) is 0 Å². The molecule has 0 aliphatic heterocycles. The third kappa shape index (κ3) is 5.83. The summed E-state index contributed by atoms with van der Waals surface area (Å²) < 4.78 is 10.9. The van der Waals surface area contributed by atoms with E-state index in [0.29, 0.717) is 24.9 Å². The molecule has 0 aliphatic carbocycles. The molecular formula is C17H24N4O2. The Kier molecular flexibility index (Phi) is 5.50. The molecule has 0 aromatic carbocycles. The van der Waals surface area contributed by atoms with Crippen molar-refractivity contribution < 1.29 is 9.47 Å². The van der Waals surface area contributed by atoms with Crippen molar-refractivity contribution in [2.24, 2.45) is 0 Å². The predicted octanol–water partition coefficient (Wildman–Crippen LogP) is 3.12. The number of aryl methyl sites for hydroxylation is 1. The Morgan fingerprint density at radius 2 is 1.96 bits per heavy atom. The highest BCUT2D eigenvalue weighted by molar-refractivity contribution is 5.37. The van der Waals surface area contributed by atoms with Gasteiger partial charge in [-0.05, 0) is 39.3 Å². The summed E-state index contributed by atoms with van der Waals surface area (Å²) in [4.78, 5) is 13.0. The zero-order valence-electron chi connectivity index (χ0n) is 14.4. The standard InChI is InChI=1S/C17H24N4O2/c1-12-8-14(21-15(20-12)11-22-5)19-10-13-6-7-18-16(9-13)23-17(2,3)4/h6-9H,10-11H2,1-5H3,(H,19,20,21). The van der Waals surface area contributed by atoms with Crippen LogP contribution in [-0.4, -0.2) is 27.7 Å². The normalized spacial score (nSPS) is 11.3. The van der Waals surface area contributed by atoms with E-state index in [1.165, 1.54) is 0 Å². The summed E-state index contributed by atoms with van der Waals surface area (Å²) in [5.41, 5.74) is 1.71. The van der Waals surface area contributed by atoms with Crippen molar-refractivity contribution in [1.82, 2.24) is 15.0 Å². The van der Waals surface area contributed by atoms with Gasteiger partial charge in [0.25, 0.3) is 0 Å². The number of methoxy groups -OCH3 is 1. The summed E-state index contributed by atoms with van der Waals surface area (Å²) in [5, 5.41) is 3.30. The molecule has 6 nitrogen and oxygen atoms in total. The van der Waals surface area contributed by atoms with E-state index < -0.39 is 0 Å². The maximum atomic E-state index is 5.78. The number of ether oxygens (including phenoxy) is 2. The minimum absolute atomic E-state index is 0.266. The van der Waals surface area contributed by atoms with E-state index in [1.807, 2.05) is 45.9 Å². The minimum atomic E-state index is -0.266. The van der Waals surface area contributed by atoms with Crippen LogP contribution in [0.15, 0.2) is 24.4 Å². The highest BCUT2D eigenvalue weighted by Crippen LogP contribution is 2.17. The second-order valence-corrected chi connectivity index (χ2v) is 6.31. The number of pyridine rings is 1. The summed E-state index contributed by atoms with van der Waals surface area (Å²) in [6.45, 7) is 8.97. The zero-order chi connectivity index (χ0) is 16.9. The Morgan fingerprint density at radius 3 is 2.65 bits per heavy atom. The maximum Gasteiger partial charge on any atom is 0.214 e. The van der Waals surface area contributed by atoms with Gasteiger partial charge in [-0.25, -0.2) is 15.0 Å². The average molecular weight is 316 g/mol. The number of nitrogens with one attached hydrogen (secondary N) is 1. The van der Waals surface area contributed by atoms with Crippen molar-refractivity contribution >= 4 is 5.82 Å². The lowest BCUT2D eigenvalue weighted by atomic mass is 10.2. The first-order valence-corrected chi connectivity index (χ1v) is 7.57. The zero-order valence-corrected chi connectivity index (χ0v) is 14.4. The molecule has 2 aromatic rings. The summed E-state index contributed by atoms with van der Waals surface area (Å²) in [5.74, 6) is 2.07. The van der Waals surface area contributed by atoms with Gasteiger partial charge in [0.2, 0.25) is 5.88 Å². The number of rotatable bonds is 6. The Morgan fingerprint density at radius 1 is 1.17 bits per heavy atom. The van der Waals surface area contributed by atoms with Crippen LogP contribution in [0.1, 0.15) is 37.9 Å². The number of anilines is 1. The monoisotopic (exact) mass is 316 g/mol. The molecule has 0 fully saturated rings. The minimum Gasteiger partial charge on any atom is -0.472 e. The first kappa shape index (κ1) is 17.1. The van der Waals surface area contributed by atoms with Crippen molar-refractivity contribution in [3.05, 3.63) is 41.5 Å². The van der Waals surface area contributed by atoms with Crippen LogP contribution < -0.4 is 10.1 Å².